The van der Waals surface area contributed by atoms with Crippen molar-refractivity contribution >= 4 is 11.9 Å². The Morgan fingerprint density at radius 1 is 0.357 bits per heavy atom. The van der Waals surface area contributed by atoms with Gasteiger partial charge in [0.1, 0.15) is 13.2 Å². The molecule has 0 aliphatic rings. The zero-order valence-corrected chi connectivity index (χ0v) is 27.0. The quantitative estimate of drug-likeness (QED) is 0.0846. The number of carbonyl (C=O) groups is 2. The summed E-state index contributed by atoms with van der Waals surface area (Å²) in [4.78, 5) is 23.6. The second kappa shape index (κ2) is 27.2. The molecule has 0 saturated carbocycles. The van der Waals surface area contributed by atoms with Gasteiger partial charge in [-0.3, -0.25) is 9.59 Å². The summed E-state index contributed by atoms with van der Waals surface area (Å²) < 4.78 is 53.8. The highest BCUT2D eigenvalue weighted by molar-refractivity contribution is 5.76. The normalized spacial score (nSPS) is 12.0. The van der Waals surface area contributed by atoms with Crippen molar-refractivity contribution in [1.82, 2.24) is 0 Å². The maximum atomic E-state index is 11.8. The molecule has 0 aromatic carbocycles. The molecule has 0 aromatic rings. The predicted octanol–water partition coefficient (Wildman–Crippen LogP) is 3.08. The van der Waals surface area contributed by atoms with Gasteiger partial charge in [-0.1, -0.05) is 13.8 Å². The van der Waals surface area contributed by atoms with Crippen LogP contribution in [0.2, 0.25) is 0 Å². The zero-order chi connectivity index (χ0) is 31.4. The molecule has 0 aromatic heterocycles. The summed E-state index contributed by atoms with van der Waals surface area (Å²) >= 11 is 0. The van der Waals surface area contributed by atoms with Crippen molar-refractivity contribution in [3.05, 3.63) is 0 Å². The van der Waals surface area contributed by atoms with E-state index in [1.165, 1.54) is 0 Å². The first kappa shape index (κ1) is 40.6. The smallest absolute Gasteiger partial charge is 0.311 e. The molecule has 0 unspecified atom stereocenters. The molecule has 0 amide bonds. The molecule has 0 fully saturated rings. The van der Waals surface area contributed by atoms with Crippen LogP contribution < -0.4 is 0 Å². The molecule has 0 atom stereocenters. The van der Waals surface area contributed by atoms with E-state index < -0.39 is 10.8 Å². The molecule has 12 heteroatoms. The number of ether oxygens (including phenoxy) is 10. The number of rotatable bonds is 31. The highest BCUT2D eigenvalue weighted by atomic mass is 16.6. The Hall–Kier alpha value is -1.38. The second-order valence-electron chi connectivity index (χ2n) is 10.6. The highest BCUT2D eigenvalue weighted by Crippen LogP contribution is 2.21. The van der Waals surface area contributed by atoms with E-state index in [-0.39, 0.29) is 25.2 Å². The Balaban J connectivity index is 3.19. The summed E-state index contributed by atoms with van der Waals surface area (Å²) in [6.07, 6.45) is 1.47. The summed E-state index contributed by atoms with van der Waals surface area (Å²) in [6, 6.07) is 0. The fraction of sp³-hybridized carbons (Fsp3) is 0.933. The molecule has 0 aliphatic carbocycles. The van der Waals surface area contributed by atoms with E-state index in [1.807, 2.05) is 41.5 Å². The minimum atomic E-state index is -0.457. The molecule has 0 bridgehead atoms. The lowest BCUT2D eigenvalue weighted by molar-refractivity contribution is -0.156. The third-order valence-electron chi connectivity index (χ3n) is 6.40. The van der Waals surface area contributed by atoms with Crippen molar-refractivity contribution < 1.29 is 57.0 Å². The van der Waals surface area contributed by atoms with Crippen LogP contribution in [0, 0.1) is 10.8 Å². The van der Waals surface area contributed by atoms with Gasteiger partial charge in [0.05, 0.1) is 117 Å². The lowest BCUT2D eigenvalue weighted by atomic mass is 9.91. The van der Waals surface area contributed by atoms with E-state index in [9.17, 15) is 9.59 Å². The van der Waals surface area contributed by atoms with Gasteiger partial charge in [0.25, 0.3) is 0 Å². The minimum absolute atomic E-state index is 0.202. The van der Waals surface area contributed by atoms with E-state index in [1.54, 1.807) is 0 Å². The molecule has 0 N–H and O–H groups in total. The first-order valence-electron chi connectivity index (χ1n) is 15.1. The van der Waals surface area contributed by atoms with E-state index in [2.05, 4.69) is 0 Å². The Morgan fingerprint density at radius 3 is 0.690 bits per heavy atom. The standard InChI is InChI=1S/C30H58O12/c1-7-29(3,4)27(31)41-25-23-39-21-19-37-17-15-35-13-11-33-9-10-34-12-14-36-16-18-38-20-22-40-24-26-42-28(32)30(5,6)8-2/h7-26H2,1-6H3. The lowest BCUT2D eigenvalue weighted by Gasteiger charge is -2.20. The Bertz CT molecular complexity index is 588. The number of hydrogen-bond acceptors (Lipinski definition) is 12. The van der Waals surface area contributed by atoms with Crippen LogP contribution >= 0.6 is 0 Å². The predicted molar refractivity (Wildman–Crippen MR) is 157 cm³/mol. The third kappa shape index (κ3) is 24.1. The lowest BCUT2D eigenvalue weighted by Crippen LogP contribution is -2.27. The third-order valence-corrected chi connectivity index (χ3v) is 6.40. The van der Waals surface area contributed by atoms with Crippen LogP contribution in [0.3, 0.4) is 0 Å². The topological polar surface area (TPSA) is 126 Å². The van der Waals surface area contributed by atoms with Gasteiger partial charge in [0.15, 0.2) is 0 Å². The van der Waals surface area contributed by atoms with Crippen LogP contribution in [-0.4, -0.2) is 131 Å². The van der Waals surface area contributed by atoms with Gasteiger partial charge in [-0.2, -0.15) is 0 Å². The fourth-order valence-corrected chi connectivity index (χ4v) is 2.71. The number of carbonyl (C=O) groups excluding carboxylic acids is 2. The summed E-state index contributed by atoms with van der Waals surface area (Å²) in [5.74, 6) is -0.404. The Kier molecular flexibility index (Phi) is 26.3. The van der Waals surface area contributed by atoms with Gasteiger partial charge >= 0.3 is 11.9 Å². The van der Waals surface area contributed by atoms with Crippen molar-refractivity contribution in [3.63, 3.8) is 0 Å². The van der Waals surface area contributed by atoms with Crippen LogP contribution in [0.15, 0.2) is 0 Å². The summed E-state index contributed by atoms with van der Waals surface area (Å²) in [6.45, 7) is 19.2. The fourth-order valence-electron chi connectivity index (χ4n) is 2.71. The molecule has 12 nitrogen and oxygen atoms in total. The Morgan fingerprint density at radius 2 is 0.524 bits per heavy atom. The number of esters is 2. The van der Waals surface area contributed by atoms with Crippen molar-refractivity contribution in [2.45, 2.75) is 54.4 Å². The van der Waals surface area contributed by atoms with Crippen LogP contribution in [0.5, 0.6) is 0 Å². The molecule has 250 valence electrons. The average Bonchev–Trinajstić information content (AvgIpc) is 2.98. The van der Waals surface area contributed by atoms with Crippen LogP contribution in [0.1, 0.15) is 54.4 Å². The molecule has 0 spiro atoms. The molecule has 0 radical (unpaired) electrons. The van der Waals surface area contributed by atoms with E-state index in [0.29, 0.717) is 106 Å². The van der Waals surface area contributed by atoms with Crippen LogP contribution in [-0.2, 0) is 57.0 Å². The van der Waals surface area contributed by atoms with E-state index in [4.69, 9.17) is 47.4 Å². The first-order chi connectivity index (χ1) is 20.2. The minimum Gasteiger partial charge on any atom is -0.463 e. The van der Waals surface area contributed by atoms with Crippen LogP contribution in [0.25, 0.3) is 0 Å². The number of hydrogen-bond donors (Lipinski definition) is 0. The van der Waals surface area contributed by atoms with Crippen LogP contribution in [0.4, 0.5) is 0 Å². The highest BCUT2D eigenvalue weighted by Gasteiger charge is 2.27. The van der Waals surface area contributed by atoms with Gasteiger partial charge in [0.2, 0.25) is 0 Å². The molecular formula is C30H58O12. The maximum absolute atomic E-state index is 11.8. The van der Waals surface area contributed by atoms with Crippen molar-refractivity contribution in [2.75, 3.05) is 119 Å². The average molecular weight is 611 g/mol. The maximum Gasteiger partial charge on any atom is 0.311 e. The van der Waals surface area contributed by atoms with Gasteiger partial charge in [-0.25, -0.2) is 0 Å². The SMILES string of the molecule is CCC(C)(C)C(=O)OCCOCCOCCOCCOCCOCCOCCOCCOCCOC(=O)C(C)(C)CC. The van der Waals surface area contributed by atoms with Gasteiger partial charge in [-0.15, -0.1) is 0 Å². The largest absolute Gasteiger partial charge is 0.463 e. The summed E-state index contributed by atoms with van der Waals surface area (Å²) in [5.41, 5.74) is -0.914. The molecule has 0 rings (SSSR count). The summed E-state index contributed by atoms with van der Waals surface area (Å²) in [5, 5.41) is 0. The Labute approximate surface area is 253 Å². The monoisotopic (exact) mass is 610 g/mol. The second-order valence-corrected chi connectivity index (χ2v) is 10.6. The molecule has 0 aliphatic heterocycles. The van der Waals surface area contributed by atoms with Crippen molar-refractivity contribution in [3.8, 4) is 0 Å². The molecule has 0 heterocycles. The zero-order valence-electron chi connectivity index (χ0n) is 27.0. The molecule has 0 saturated heterocycles. The molecule has 42 heavy (non-hydrogen) atoms. The van der Waals surface area contributed by atoms with Gasteiger partial charge in [-0.05, 0) is 40.5 Å². The first-order valence-corrected chi connectivity index (χ1v) is 15.1. The van der Waals surface area contributed by atoms with Gasteiger partial charge < -0.3 is 47.4 Å². The van der Waals surface area contributed by atoms with E-state index >= 15 is 0 Å². The van der Waals surface area contributed by atoms with Gasteiger partial charge in [0, 0.05) is 0 Å². The van der Waals surface area contributed by atoms with E-state index in [0.717, 1.165) is 12.8 Å². The molecular weight excluding hydrogens is 552 g/mol. The van der Waals surface area contributed by atoms with Crippen molar-refractivity contribution in [1.29, 1.82) is 0 Å². The summed E-state index contributed by atoms with van der Waals surface area (Å²) in [7, 11) is 0. The van der Waals surface area contributed by atoms with Crippen molar-refractivity contribution in [2.24, 2.45) is 10.8 Å².